The van der Waals surface area contributed by atoms with Crippen LogP contribution in [0.3, 0.4) is 0 Å². The summed E-state index contributed by atoms with van der Waals surface area (Å²) in [7, 11) is 0. The zero-order valence-electron chi connectivity index (χ0n) is 16.3. The Balaban J connectivity index is 1.54. The standard InChI is InChI=1S/C19H23N5O3S2/c1-3-23(12-16(25)20-11-14-7-6-10-28-14)17(26)13-29-19-22-21-18(24(19)4-2)15-8-5-9-27-15/h5-10H,3-4,11-13H2,1-2H3,(H,20,25). The number of amides is 2. The van der Waals surface area contributed by atoms with Crippen molar-refractivity contribution in [1.29, 1.82) is 0 Å². The van der Waals surface area contributed by atoms with Crippen molar-refractivity contribution >= 4 is 34.9 Å². The number of aromatic nitrogens is 3. The van der Waals surface area contributed by atoms with Crippen molar-refractivity contribution in [3.05, 3.63) is 40.8 Å². The van der Waals surface area contributed by atoms with Crippen LogP contribution in [0, 0.1) is 0 Å². The summed E-state index contributed by atoms with van der Waals surface area (Å²) in [6.45, 7) is 5.48. The summed E-state index contributed by atoms with van der Waals surface area (Å²) in [5.74, 6) is 1.16. The van der Waals surface area contributed by atoms with Crippen molar-refractivity contribution in [3.8, 4) is 11.6 Å². The number of thioether (sulfide) groups is 1. The predicted octanol–water partition coefficient (Wildman–Crippen LogP) is 2.88. The van der Waals surface area contributed by atoms with E-state index in [1.807, 2.05) is 42.0 Å². The smallest absolute Gasteiger partial charge is 0.239 e. The van der Waals surface area contributed by atoms with E-state index in [0.717, 1.165) is 4.88 Å². The minimum atomic E-state index is -0.171. The Morgan fingerprint density at radius 3 is 2.79 bits per heavy atom. The van der Waals surface area contributed by atoms with E-state index in [-0.39, 0.29) is 24.1 Å². The summed E-state index contributed by atoms with van der Waals surface area (Å²) in [6, 6.07) is 7.52. The van der Waals surface area contributed by atoms with Gasteiger partial charge in [0.15, 0.2) is 16.7 Å². The summed E-state index contributed by atoms with van der Waals surface area (Å²) in [4.78, 5) is 27.4. The first kappa shape index (κ1) is 21.1. The Morgan fingerprint density at radius 1 is 1.28 bits per heavy atom. The van der Waals surface area contributed by atoms with E-state index in [4.69, 9.17) is 4.42 Å². The molecule has 0 aromatic carbocycles. The van der Waals surface area contributed by atoms with E-state index in [1.54, 1.807) is 23.7 Å². The second kappa shape index (κ2) is 10.3. The molecule has 3 aromatic heterocycles. The van der Waals surface area contributed by atoms with Gasteiger partial charge >= 0.3 is 0 Å². The molecule has 0 saturated heterocycles. The third-order valence-electron chi connectivity index (χ3n) is 4.21. The van der Waals surface area contributed by atoms with Gasteiger partial charge in [0.25, 0.3) is 0 Å². The van der Waals surface area contributed by atoms with Crippen LogP contribution in [0.5, 0.6) is 0 Å². The van der Waals surface area contributed by atoms with Crippen LogP contribution in [-0.4, -0.2) is 50.3 Å². The first-order valence-electron chi connectivity index (χ1n) is 9.29. The van der Waals surface area contributed by atoms with Crippen LogP contribution >= 0.6 is 23.1 Å². The molecule has 0 aliphatic carbocycles. The minimum Gasteiger partial charge on any atom is -0.461 e. The van der Waals surface area contributed by atoms with Crippen molar-refractivity contribution in [2.24, 2.45) is 0 Å². The van der Waals surface area contributed by atoms with Crippen LogP contribution in [0.1, 0.15) is 18.7 Å². The van der Waals surface area contributed by atoms with Crippen molar-refractivity contribution in [1.82, 2.24) is 25.0 Å². The van der Waals surface area contributed by atoms with Gasteiger partial charge in [-0.3, -0.25) is 14.2 Å². The van der Waals surface area contributed by atoms with Gasteiger partial charge in [0, 0.05) is 18.0 Å². The van der Waals surface area contributed by atoms with E-state index in [9.17, 15) is 9.59 Å². The van der Waals surface area contributed by atoms with Crippen molar-refractivity contribution in [2.45, 2.75) is 32.1 Å². The highest BCUT2D eigenvalue weighted by atomic mass is 32.2. The van der Waals surface area contributed by atoms with Crippen LogP contribution in [0.15, 0.2) is 45.5 Å². The van der Waals surface area contributed by atoms with Crippen LogP contribution in [-0.2, 0) is 22.7 Å². The molecule has 3 aromatic rings. The summed E-state index contributed by atoms with van der Waals surface area (Å²) in [6.07, 6.45) is 1.59. The highest BCUT2D eigenvalue weighted by Gasteiger charge is 2.19. The number of likely N-dealkylation sites (N-methyl/N-ethyl adjacent to an activating group) is 1. The summed E-state index contributed by atoms with van der Waals surface area (Å²) in [5, 5.41) is 13.8. The van der Waals surface area contributed by atoms with Gasteiger partial charge in [0.05, 0.1) is 25.1 Å². The number of hydrogen-bond acceptors (Lipinski definition) is 7. The van der Waals surface area contributed by atoms with Crippen molar-refractivity contribution in [2.75, 3.05) is 18.8 Å². The number of furan rings is 1. The zero-order chi connectivity index (χ0) is 20.6. The van der Waals surface area contributed by atoms with E-state index < -0.39 is 0 Å². The lowest BCUT2D eigenvalue weighted by atomic mass is 10.4. The average molecular weight is 434 g/mol. The third-order valence-corrected chi connectivity index (χ3v) is 6.04. The normalized spacial score (nSPS) is 10.8. The van der Waals surface area contributed by atoms with E-state index >= 15 is 0 Å². The molecule has 2 amide bonds. The van der Waals surface area contributed by atoms with Gasteiger partial charge in [-0.2, -0.15) is 0 Å². The first-order valence-corrected chi connectivity index (χ1v) is 11.2. The molecule has 8 nitrogen and oxygen atoms in total. The Hall–Kier alpha value is -2.59. The van der Waals surface area contributed by atoms with Gasteiger partial charge in [-0.05, 0) is 37.4 Å². The second-order valence-electron chi connectivity index (χ2n) is 6.08. The van der Waals surface area contributed by atoms with Gasteiger partial charge in [-0.15, -0.1) is 21.5 Å². The summed E-state index contributed by atoms with van der Waals surface area (Å²) < 4.78 is 7.30. The van der Waals surface area contributed by atoms with E-state index in [0.29, 0.717) is 36.4 Å². The van der Waals surface area contributed by atoms with Crippen molar-refractivity contribution < 1.29 is 14.0 Å². The van der Waals surface area contributed by atoms with Crippen molar-refractivity contribution in [3.63, 3.8) is 0 Å². The quantitative estimate of drug-likeness (QED) is 0.494. The highest BCUT2D eigenvalue weighted by molar-refractivity contribution is 7.99. The molecule has 1 N–H and O–H groups in total. The molecule has 0 saturated carbocycles. The molecule has 10 heteroatoms. The lowest BCUT2D eigenvalue weighted by molar-refractivity contribution is -0.133. The molecule has 0 fully saturated rings. The topological polar surface area (TPSA) is 93.3 Å². The Kier molecular flexibility index (Phi) is 7.48. The predicted molar refractivity (Wildman–Crippen MR) is 113 cm³/mol. The van der Waals surface area contributed by atoms with E-state index in [2.05, 4.69) is 15.5 Å². The number of thiophene rings is 1. The second-order valence-corrected chi connectivity index (χ2v) is 8.06. The SMILES string of the molecule is CCN(CC(=O)NCc1cccs1)C(=O)CSc1nnc(-c2ccco2)n1CC. The number of hydrogen-bond donors (Lipinski definition) is 1. The van der Waals surface area contributed by atoms with Crippen LogP contribution in [0.25, 0.3) is 11.6 Å². The molecule has 0 aliphatic heterocycles. The zero-order valence-corrected chi connectivity index (χ0v) is 18.0. The fourth-order valence-electron chi connectivity index (χ4n) is 2.69. The van der Waals surface area contributed by atoms with Gasteiger partial charge in [-0.1, -0.05) is 17.8 Å². The fourth-order valence-corrected chi connectivity index (χ4v) is 4.24. The van der Waals surface area contributed by atoms with Gasteiger partial charge in [0.2, 0.25) is 11.8 Å². The molecule has 154 valence electrons. The molecule has 0 aliphatic rings. The summed E-state index contributed by atoms with van der Waals surface area (Å²) in [5.41, 5.74) is 0. The van der Waals surface area contributed by atoms with Crippen LogP contribution < -0.4 is 5.32 Å². The average Bonchev–Trinajstić information content (AvgIpc) is 3.49. The van der Waals surface area contributed by atoms with E-state index in [1.165, 1.54) is 16.7 Å². The van der Waals surface area contributed by atoms with Gasteiger partial charge in [-0.25, -0.2) is 0 Å². The molecule has 0 spiro atoms. The summed E-state index contributed by atoms with van der Waals surface area (Å²) >= 11 is 2.89. The monoisotopic (exact) mass is 433 g/mol. The Bertz CT molecular complexity index is 922. The van der Waals surface area contributed by atoms with Gasteiger partial charge in [0.1, 0.15) is 0 Å². The number of carbonyl (C=O) groups excluding carboxylic acids is 2. The number of nitrogens with one attached hydrogen (secondary N) is 1. The number of rotatable bonds is 10. The molecule has 0 unspecified atom stereocenters. The molecule has 3 heterocycles. The lowest BCUT2D eigenvalue weighted by Crippen LogP contribution is -2.41. The van der Waals surface area contributed by atoms with Crippen LogP contribution in [0.4, 0.5) is 0 Å². The maximum Gasteiger partial charge on any atom is 0.239 e. The Labute approximate surface area is 177 Å². The number of carbonyl (C=O) groups is 2. The molecule has 0 atom stereocenters. The third kappa shape index (κ3) is 5.48. The molecular weight excluding hydrogens is 410 g/mol. The largest absolute Gasteiger partial charge is 0.461 e. The molecule has 29 heavy (non-hydrogen) atoms. The van der Waals surface area contributed by atoms with Gasteiger partial charge < -0.3 is 14.6 Å². The number of nitrogens with zero attached hydrogens (tertiary/aromatic N) is 4. The molecular formula is C19H23N5O3S2. The Morgan fingerprint density at radius 2 is 2.14 bits per heavy atom. The highest BCUT2D eigenvalue weighted by Crippen LogP contribution is 2.24. The fraction of sp³-hybridized carbons (Fsp3) is 0.368. The lowest BCUT2D eigenvalue weighted by Gasteiger charge is -2.20. The maximum atomic E-state index is 12.6. The molecule has 3 rings (SSSR count). The molecule has 0 radical (unpaired) electrons. The maximum absolute atomic E-state index is 12.6. The molecule has 0 bridgehead atoms. The van der Waals surface area contributed by atoms with Crippen LogP contribution in [0.2, 0.25) is 0 Å². The first-order chi connectivity index (χ1) is 14.1. The minimum absolute atomic E-state index is 0.0411.